The van der Waals surface area contributed by atoms with E-state index in [0.29, 0.717) is 12.0 Å². The van der Waals surface area contributed by atoms with Gasteiger partial charge >= 0.3 is 5.97 Å². The van der Waals surface area contributed by atoms with Gasteiger partial charge in [0.2, 0.25) is 0 Å². The van der Waals surface area contributed by atoms with Gasteiger partial charge in [0.15, 0.2) is 0 Å². The van der Waals surface area contributed by atoms with E-state index in [4.69, 9.17) is 5.11 Å². The lowest BCUT2D eigenvalue weighted by molar-refractivity contribution is -0.139. The third kappa shape index (κ3) is 3.30. The zero-order valence-corrected chi connectivity index (χ0v) is 13.1. The Kier molecular flexibility index (Phi) is 4.63. The summed E-state index contributed by atoms with van der Waals surface area (Å²) in [4.78, 5) is 10.6. The quantitative estimate of drug-likeness (QED) is 0.817. The lowest BCUT2D eigenvalue weighted by atomic mass is 9.77. The second-order valence-electron chi connectivity index (χ2n) is 4.27. The number of thiophene rings is 1. The van der Waals surface area contributed by atoms with Gasteiger partial charge in [-0.15, -0.1) is 11.3 Å². The molecule has 94 valence electrons. The van der Waals surface area contributed by atoms with Crippen molar-refractivity contribution >= 4 is 49.2 Å². The fourth-order valence-electron chi connectivity index (χ4n) is 2.02. The van der Waals surface area contributed by atoms with Crippen LogP contribution >= 0.6 is 43.2 Å². The van der Waals surface area contributed by atoms with Crippen LogP contribution < -0.4 is 5.32 Å². The first-order chi connectivity index (χ1) is 8.08. The van der Waals surface area contributed by atoms with Gasteiger partial charge in [-0.25, -0.2) is 0 Å². The first-order valence-corrected chi connectivity index (χ1v) is 7.91. The molecule has 2 atom stereocenters. The molecule has 0 bridgehead atoms. The van der Waals surface area contributed by atoms with Gasteiger partial charge in [-0.3, -0.25) is 4.79 Å². The predicted molar refractivity (Wildman–Crippen MR) is 75.3 cm³/mol. The first-order valence-electron chi connectivity index (χ1n) is 5.44. The van der Waals surface area contributed by atoms with E-state index >= 15 is 0 Å². The summed E-state index contributed by atoms with van der Waals surface area (Å²) in [6.45, 7) is 0.795. The largest absolute Gasteiger partial charge is 0.481 e. The number of aliphatic carboxylic acids is 1. The van der Waals surface area contributed by atoms with Gasteiger partial charge in [0, 0.05) is 23.5 Å². The zero-order valence-electron chi connectivity index (χ0n) is 9.08. The summed E-state index contributed by atoms with van der Waals surface area (Å²) in [6.07, 6.45) is 2.39. The lowest BCUT2D eigenvalue weighted by Gasteiger charge is -2.36. The van der Waals surface area contributed by atoms with E-state index in [1.165, 1.54) is 5.56 Å². The molecule has 1 aromatic rings. The van der Waals surface area contributed by atoms with Crippen LogP contribution in [0.1, 0.15) is 24.8 Å². The Morgan fingerprint density at radius 3 is 2.76 bits per heavy atom. The molecule has 2 N–H and O–H groups in total. The molecule has 1 aliphatic carbocycles. The monoisotopic (exact) mass is 381 g/mol. The van der Waals surface area contributed by atoms with Crippen LogP contribution in [0.4, 0.5) is 0 Å². The summed E-state index contributed by atoms with van der Waals surface area (Å²) in [6, 6.07) is 0.358. The molecule has 1 fully saturated rings. The minimum Gasteiger partial charge on any atom is -0.481 e. The molecule has 2 rings (SSSR count). The molecular formula is C11H13Br2NO2S. The number of hydrogen-bond acceptors (Lipinski definition) is 3. The van der Waals surface area contributed by atoms with Gasteiger partial charge in [-0.05, 0) is 61.6 Å². The summed E-state index contributed by atoms with van der Waals surface area (Å²) in [5, 5.41) is 14.3. The molecule has 0 amide bonds. The summed E-state index contributed by atoms with van der Waals surface area (Å²) in [5.41, 5.74) is 1.22. The molecule has 0 spiro atoms. The highest BCUT2D eigenvalue weighted by molar-refractivity contribution is 9.13. The summed E-state index contributed by atoms with van der Waals surface area (Å²) in [5.74, 6) is -0.394. The Labute approximate surface area is 121 Å². The molecule has 0 saturated heterocycles. The highest BCUT2D eigenvalue weighted by Gasteiger charge is 2.32. The van der Waals surface area contributed by atoms with Gasteiger partial charge in [0.1, 0.15) is 0 Å². The van der Waals surface area contributed by atoms with Crippen molar-refractivity contribution in [3.63, 3.8) is 0 Å². The highest BCUT2D eigenvalue weighted by atomic mass is 79.9. The van der Waals surface area contributed by atoms with Crippen LogP contribution in [0, 0.1) is 5.92 Å². The topological polar surface area (TPSA) is 49.3 Å². The average Bonchev–Trinajstić information content (AvgIpc) is 2.56. The second-order valence-corrected chi connectivity index (χ2v) is 7.26. The van der Waals surface area contributed by atoms with Crippen LogP contribution in [0.2, 0.25) is 0 Å². The second kappa shape index (κ2) is 5.82. The molecule has 3 nitrogen and oxygen atoms in total. The summed E-state index contributed by atoms with van der Waals surface area (Å²) >= 11 is 8.65. The molecule has 0 radical (unpaired) electrons. The summed E-state index contributed by atoms with van der Waals surface area (Å²) in [7, 11) is 0. The van der Waals surface area contributed by atoms with Crippen molar-refractivity contribution in [1.82, 2.24) is 5.32 Å². The van der Waals surface area contributed by atoms with Gasteiger partial charge < -0.3 is 10.4 Å². The zero-order chi connectivity index (χ0) is 12.4. The fraction of sp³-hybridized carbons (Fsp3) is 0.545. The number of rotatable bonds is 5. The molecular weight excluding hydrogens is 370 g/mol. The third-order valence-electron chi connectivity index (χ3n) is 3.17. The summed E-state index contributed by atoms with van der Waals surface area (Å²) < 4.78 is 2.20. The molecule has 1 saturated carbocycles. The molecule has 17 heavy (non-hydrogen) atoms. The average molecular weight is 383 g/mol. The van der Waals surface area contributed by atoms with Crippen molar-refractivity contribution in [2.75, 3.05) is 0 Å². The highest BCUT2D eigenvalue weighted by Crippen LogP contribution is 2.34. The predicted octanol–water partition coefficient (Wildman–Crippen LogP) is 3.62. The first kappa shape index (κ1) is 13.5. The fourth-order valence-corrected chi connectivity index (χ4v) is 3.92. The van der Waals surface area contributed by atoms with E-state index in [1.54, 1.807) is 11.3 Å². The Bertz CT molecular complexity index is 422. The molecule has 1 heterocycles. The molecule has 0 aromatic carbocycles. The van der Waals surface area contributed by atoms with Crippen LogP contribution in [-0.2, 0) is 11.3 Å². The van der Waals surface area contributed by atoms with Crippen LogP contribution in [0.5, 0.6) is 0 Å². The normalized spacial score (nSPS) is 23.4. The number of carboxylic acids is 1. The Balaban J connectivity index is 1.83. The van der Waals surface area contributed by atoms with E-state index < -0.39 is 5.97 Å². The van der Waals surface area contributed by atoms with Crippen LogP contribution in [0.25, 0.3) is 0 Å². The minimum atomic E-state index is -0.694. The van der Waals surface area contributed by atoms with Crippen LogP contribution in [0.3, 0.4) is 0 Å². The smallest absolute Gasteiger partial charge is 0.303 e. The molecule has 1 aromatic heterocycles. The van der Waals surface area contributed by atoms with Gasteiger partial charge in [-0.2, -0.15) is 0 Å². The van der Waals surface area contributed by atoms with E-state index in [1.807, 2.05) is 0 Å². The molecule has 1 aliphatic rings. The number of carboxylic acid groups (broad SMARTS) is 1. The maximum absolute atomic E-state index is 10.6. The van der Waals surface area contributed by atoms with E-state index in [2.05, 4.69) is 42.6 Å². The van der Waals surface area contributed by atoms with E-state index in [-0.39, 0.29) is 6.42 Å². The Hall–Kier alpha value is 0.0900. The number of nitrogens with one attached hydrogen (secondary N) is 1. The Morgan fingerprint density at radius 2 is 2.29 bits per heavy atom. The third-order valence-corrected chi connectivity index (χ3v) is 6.64. The van der Waals surface area contributed by atoms with Gasteiger partial charge in [0.05, 0.1) is 3.79 Å². The molecule has 0 aliphatic heterocycles. The number of hydrogen-bond donors (Lipinski definition) is 2. The molecule has 2 unspecified atom stereocenters. The number of carbonyl (C=O) groups is 1. The van der Waals surface area contributed by atoms with Gasteiger partial charge in [0.25, 0.3) is 0 Å². The van der Waals surface area contributed by atoms with Gasteiger partial charge in [-0.1, -0.05) is 0 Å². The van der Waals surface area contributed by atoms with Crippen molar-refractivity contribution in [3.8, 4) is 0 Å². The van der Waals surface area contributed by atoms with Crippen molar-refractivity contribution in [3.05, 3.63) is 19.2 Å². The standard InChI is InChI=1S/C11H13Br2NO2S/c12-10-7(5-17-11(10)13)4-14-8-2-1-6(8)3-9(15)16/h5-6,8,14H,1-4H2,(H,15,16). The minimum absolute atomic E-state index is 0.284. The van der Waals surface area contributed by atoms with Crippen molar-refractivity contribution in [2.24, 2.45) is 5.92 Å². The van der Waals surface area contributed by atoms with E-state index in [0.717, 1.165) is 27.6 Å². The Morgan fingerprint density at radius 1 is 1.53 bits per heavy atom. The maximum Gasteiger partial charge on any atom is 0.303 e. The SMILES string of the molecule is O=C(O)CC1CCC1NCc1csc(Br)c1Br. The number of halogens is 2. The van der Waals surface area contributed by atoms with Crippen LogP contribution in [-0.4, -0.2) is 17.1 Å². The maximum atomic E-state index is 10.6. The van der Waals surface area contributed by atoms with Crippen molar-refractivity contribution in [1.29, 1.82) is 0 Å². The van der Waals surface area contributed by atoms with Crippen LogP contribution in [0.15, 0.2) is 13.6 Å². The van der Waals surface area contributed by atoms with Crippen molar-refractivity contribution < 1.29 is 9.90 Å². The van der Waals surface area contributed by atoms with E-state index in [9.17, 15) is 4.79 Å². The lowest BCUT2D eigenvalue weighted by Crippen LogP contribution is -2.44. The molecule has 6 heteroatoms. The van der Waals surface area contributed by atoms with Crippen molar-refractivity contribution in [2.45, 2.75) is 31.8 Å².